The van der Waals surface area contributed by atoms with Crippen LogP contribution in [0.3, 0.4) is 0 Å². The SMILES string of the molecule is C.CCCOc1nc2ccccn2c(=O)c1-c1ccc(N[C@@H]2CCNC2)cc1. The summed E-state index contributed by atoms with van der Waals surface area (Å²) in [6.45, 7) is 4.59. The summed E-state index contributed by atoms with van der Waals surface area (Å²) in [6, 6.07) is 13.9. The van der Waals surface area contributed by atoms with Crippen LogP contribution in [0.4, 0.5) is 5.69 Å². The van der Waals surface area contributed by atoms with E-state index in [1.807, 2.05) is 49.4 Å². The summed E-state index contributed by atoms with van der Waals surface area (Å²) in [5.74, 6) is 0.397. The van der Waals surface area contributed by atoms with Crippen LogP contribution in [0.25, 0.3) is 16.8 Å². The summed E-state index contributed by atoms with van der Waals surface area (Å²) in [4.78, 5) is 17.7. The van der Waals surface area contributed by atoms with Gasteiger partial charge in [0.25, 0.3) is 5.56 Å². The number of hydrogen-bond donors (Lipinski definition) is 2. The van der Waals surface area contributed by atoms with E-state index in [1.165, 1.54) is 0 Å². The molecule has 2 aromatic heterocycles. The number of pyridine rings is 1. The fraction of sp³-hybridized carbons (Fsp3) is 0.364. The van der Waals surface area contributed by atoms with E-state index in [2.05, 4.69) is 15.6 Å². The van der Waals surface area contributed by atoms with Gasteiger partial charge in [0.05, 0.1) is 6.61 Å². The summed E-state index contributed by atoms with van der Waals surface area (Å²) in [5, 5.41) is 6.87. The summed E-state index contributed by atoms with van der Waals surface area (Å²) in [7, 11) is 0. The van der Waals surface area contributed by atoms with Crippen molar-refractivity contribution in [2.45, 2.75) is 33.2 Å². The van der Waals surface area contributed by atoms with Crippen molar-refractivity contribution in [3.63, 3.8) is 0 Å². The minimum atomic E-state index is -0.118. The van der Waals surface area contributed by atoms with Crippen LogP contribution in [0, 0.1) is 0 Å². The molecule has 1 saturated heterocycles. The van der Waals surface area contributed by atoms with Crippen LogP contribution >= 0.6 is 0 Å². The zero-order chi connectivity index (χ0) is 18.6. The van der Waals surface area contributed by atoms with Gasteiger partial charge < -0.3 is 15.4 Å². The molecule has 1 atom stereocenters. The van der Waals surface area contributed by atoms with Crippen LogP contribution in [0.15, 0.2) is 53.5 Å². The van der Waals surface area contributed by atoms with Gasteiger partial charge in [-0.15, -0.1) is 0 Å². The van der Waals surface area contributed by atoms with Gasteiger partial charge in [0.1, 0.15) is 11.2 Å². The number of benzene rings is 1. The Balaban J connectivity index is 0.00000225. The van der Waals surface area contributed by atoms with Crippen molar-refractivity contribution in [3.05, 3.63) is 59.0 Å². The highest BCUT2D eigenvalue weighted by Gasteiger charge is 2.17. The van der Waals surface area contributed by atoms with E-state index < -0.39 is 0 Å². The first-order valence-electron chi connectivity index (χ1n) is 9.48. The number of nitrogens with one attached hydrogen (secondary N) is 2. The summed E-state index contributed by atoms with van der Waals surface area (Å²) in [6.07, 6.45) is 3.71. The number of aromatic nitrogens is 2. The predicted octanol–water partition coefficient (Wildman–Crippen LogP) is 3.56. The van der Waals surface area contributed by atoms with E-state index in [-0.39, 0.29) is 13.0 Å². The lowest BCUT2D eigenvalue weighted by Gasteiger charge is -2.14. The van der Waals surface area contributed by atoms with Crippen molar-refractivity contribution in [2.24, 2.45) is 0 Å². The molecule has 1 fully saturated rings. The fourth-order valence-electron chi connectivity index (χ4n) is 3.37. The van der Waals surface area contributed by atoms with Crippen molar-refractivity contribution < 1.29 is 4.74 Å². The molecule has 6 nitrogen and oxygen atoms in total. The predicted molar refractivity (Wildman–Crippen MR) is 114 cm³/mol. The third kappa shape index (κ3) is 4.02. The quantitative estimate of drug-likeness (QED) is 0.684. The molecule has 0 aliphatic carbocycles. The second kappa shape index (κ2) is 8.89. The Morgan fingerprint density at radius 3 is 2.79 bits per heavy atom. The molecule has 0 bridgehead atoms. The number of anilines is 1. The van der Waals surface area contributed by atoms with Crippen molar-refractivity contribution in [2.75, 3.05) is 25.0 Å². The Morgan fingerprint density at radius 2 is 2.07 bits per heavy atom. The molecule has 3 aromatic rings. The third-order valence-electron chi connectivity index (χ3n) is 4.75. The molecule has 148 valence electrons. The zero-order valence-electron chi connectivity index (χ0n) is 15.4. The number of fused-ring (bicyclic) bond motifs is 1. The van der Waals surface area contributed by atoms with Gasteiger partial charge in [-0.2, -0.15) is 4.98 Å². The van der Waals surface area contributed by atoms with E-state index in [1.54, 1.807) is 10.6 Å². The Bertz CT molecular complexity index is 976. The molecule has 1 aliphatic heterocycles. The van der Waals surface area contributed by atoms with Crippen molar-refractivity contribution in [1.29, 1.82) is 0 Å². The lowest BCUT2D eigenvalue weighted by atomic mass is 10.1. The van der Waals surface area contributed by atoms with Gasteiger partial charge in [-0.1, -0.05) is 32.5 Å². The molecule has 0 saturated carbocycles. The molecule has 1 aliphatic rings. The highest BCUT2D eigenvalue weighted by molar-refractivity contribution is 5.71. The van der Waals surface area contributed by atoms with Gasteiger partial charge in [-0.25, -0.2) is 0 Å². The van der Waals surface area contributed by atoms with E-state index in [9.17, 15) is 4.79 Å². The average Bonchev–Trinajstić information content (AvgIpc) is 3.20. The summed E-state index contributed by atoms with van der Waals surface area (Å²) in [5.41, 5.74) is 2.84. The van der Waals surface area contributed by atoms with Crippen molar-refractivity contribution >= 4 is 11.3 Å². The lowest BCUT2D eigenvalue weighted by Crippen LogP contribution is -2.22. The minimum Gasteiger partial charge on any atom is -0.477 e. The Morgan fingerprint density at radius 1 is 1.25 bits per heavy atom. The van der Waals surface area contributed by atoms with Crippen LogP contribution in [0.1, 0.15) is 27.2 Å². The van der Waals surface area contributed by atoms with Crippen LogP contribution < -0.4 is 20.9 Å². The largest absolute Gasteiger partial charge is 0.477 e. The van der Waals surface area contributed by atoms with Gasteiger partial charge in [-0.05, 0) is 49.2 Å². The molecule has 0 radical (unpaired) electrons. The third-order valence-corrected chi connectivity index (χ3v) is 4.75. The number of nitrogens with zero attached hydrogens (tertiary/aromatic N) is 2. The molecule has 0 spiro atoms. The Kier molecular flexibility index (Phi) is 6.31. The van der Waals surface area contributed by atoms with E-state index in [4.69, 9.17) is 4.74 Å². The molecule has 0 unspecified atom stereocenters. The fourth-order valence-corrected chi connectivity index (χ4v) is 3.37. The van der Waals surface area contributed by atoms with Gasteiger partial charge in [0.2, 0.25) is 5.88 Å². The van der Waals surface area contributed by atoms with Crippen LogP contribution in [-0.4, -0.2) is 35.1 Å². The molecule has 3 heterocycles. The van der Waals surface area contributed by atoms with E-state index >= 15 is 0 Å². The average molecular weight is 380 g/mol. The van der Waals surface area contributed by atoms with Gasteiger partial charge in [-0.3, -0.25) is 9.20 Å². The molecule has 28 heavy (non-hydrogen) atoms. The smallest absolute Gasteiger partial charge is 0.269 e. The molecule has 2 N–H and O–H groups in total. The van der Waals surface area contributed by atoms with Gasteiger partial charge >= 0.3 is 0 Å². The van der Waals surface area contributed by atoms with Gasteiger partial charge in [0.15, 0.2) is 0 Å². The van der Waals surface area contributed by atoms with Crippen molar-refractivity contribution in [3.8, 4) is 17.0 Å². The molecule has 4 rings (SSSR count). The highest BCUT2D eigenvalue weighted by Crippen LogP contribution is 2.27. The number of rotatable bonds is 6. The Hall–Kier alpha value is -2.86. The highest BCUT2D eigenvalue weighted by atomic mass is 16.5. The maximum absolute atomic E-state index is 13.1. The monoisotopic (exact) mass is 380 g/mol. The standard InChI is InChI=1S/C21H24N4O2.CH4/c1-2-13-27-20-19(21(26)25-12-4-3-5-18(25)24-20)15-6-8-16(9-7-15)23-17-10-11-22-14-17;/h3-9,12,17,22-23H,2,10-11,13-14H2,1H3;1H4/t17-;/m1./s1. The van der Waals surface area contributed by atoms with E-state index in [0.717, 1.165) is 37.2 Å². The second-order valence-electron chi connectivity index (χ2n) is 6.79. The molecule has 1 aromatic carbocycles. The molecular formula is C22H28N4O2. The van der Waals surface area contributed by atoms with Gasteiger partial charge in [0, 0.05) is 24.5 Å². The van der Waals surface area contributed by atoms with Crippen LogP contribution in [-0.2, 0) is 0 Å². The normalized spacial score (nSPS) is 16.0. The van der Waals surface area contributed by atoms with Crippen molar-refractivity contribution in [1.82, 2.24) is 14.7 Å². The second-order valence-corrected chi connectivity index (χ2v) is 6.79. The topological polar surface area (TPSA) is 67.7 Å². The maximum Gasteiger partial charge on any atom is 0.269 e. The number of ether oxygens (including phenoxy) is 1. The number of hydrogen-bond acceptors (Lipinski definition) is 5. The van der Waals surface area contributed by atoms with Crippen LogP contribution in [0.5, 0.6) is 5.88 Å². The molecular weight excluding hydrogens is 352 g/mol. The van der Waals surface area contributed by atoms with E-state index in [0.29, 0.717) is 29.7 Å². The first-order chi connectivity index (χ1) is 13.3. The minimum absolute atomic E-state index is 0. The zero-order valence-corrected chi connectivity index (χ0v) is 15.4. The maximum atomic E-state index is 13.1. The Labute approximate surface area is 165 Å². The summed E-state index contributed by atoms with van der Waals surface area (Å²) >= 11 is 0. The van der Waals surface area contributed by atoms with Crippen LogP contribution in [0.2, 0.25) is 0 Å². The lowest BCUT2D eigenvalue weighted by molar-refractivity contribution is 0.306. The first kappa shape index (κ1) is 19.9. The summed E-state index contributed by atoms with van der Waals surface area (Å²) < 4.78 is 7.38. The first-order valence-corrected chi connectivity index (χ1v) is 9.48. The molecule has 6 heteroatoms. The molecule has 0 amide bonds.